The fourth-order valence-electron chi connectivity index (χ4n) is 2.61. The second-order valence-electron chi connectivity index (χ2n) is 4.81. The van der Waals surface area contributed by atoms with E-state index in [0.717, 1.165) is 30.3 Å². The highest BCUT2D eigenvalue weighted by Crippen LogP contribution is 2.33. The fourth-order valence-corrected chi connectivity index (χ4v) is 3.82. The molecule has 1 saturated heterocycles. The quantitative estimate of drug-likeness (QED) is 0.892. The predicted octanol–water partition coefficient (Wildman–Crippen LogP) is 2.44. The van der Waals surface area contributed by atoms with Gasteiger partial charge in [0, 0.05) is 6.54 Å². The molecule has 1 aliphatic heterocycles. The molecule has 0 radical (unpaired) electrons. The molecule has 18 heavy (non-hydrogen) atoms. The highest BCUT2D eigenvalue weighted by molar-refractivity contribution is 7.99. The second-order valence-corrected chi connectivity index (χ2v) is 6.04. The Kier molecular flexibility index (Phi) is 4.95. The van der Waals surface area contributed by atoms with Crippen molar-refractivity contribution in [2.45, 2.75) is 38.8 Å². The smallest absolute Gasteiger partial charge is 0.161 e. The summed E-state index contributed by atoms with van der Waals surface area (Å²) in [5, 5.41) is 4.33. The topological polar surface area (TPSA) is 53.1 Å². The number of aromatic nitrogens is 2. The zero-order chi connectivity index (χ0) is 13.0. The highest BCUT2D eigenvalue weighted by Gasteiger charge is 2.23. The summed E-state index contributed by atoms with van der Waals surface area (Å²) < 4.78 is 7.33. The molecule has 1 atom stereocenters. The average Bonchev–Trinajstić information content (AvgIpc) is 2.82. The van der Waals surface area contributed by atoms with Crippen molar-refractivity contribution in [3.05, 3.63) is 11.9 Å². The summed E-state index contributed by atoms with van der Waals surface area (Å²) in [6.45, 7) is 2.92. The molecule has 0 aromatic carbocycles. The van der Waals surface area contributed by atoms with Crippen LogP contribution < -0.4 is 10.5 Å². The normalized spacial score (nSPS) is 18.8. The van der Waals surface area contributed by atoms with Crippen LogP contribution in [0, 0.1) is 5.92 Å². The molecular weight excluding hydrogens is 246 g/mol. The van der Waals surface area contributed by atoms with Crippen molar-refractivity contribution in [2.75, 3.05) is 18.6 Å². The molecule has 0 spiro atoms. The number of nitrogens with two attached hydrogens (primary N) is 1. The Morgan fingerprint density at radius 3 is 2.89 bits per heavy atom. The molecule has 1 fully saturated rings. The van der Waals surface area contributed by atoms with Gasteiger partial charge in [-0.15, -0.1) is 0 Å². The summed E-state index contributed by atoms with van der Waals surface area (Å²) in [5.41, 5.74) is 7.43. The van der Waals surface area contributed by atoms with Crippen LogP contribution in [0.4, 0.5) is 0 Å². The van der Waals surface area contributed by atoms with E-state index in [1.165, 1.54) is 24.3 Å². The van der Waals surface area contributed by atoms with Crippen LogP contribution >= 0.6 is 11.8 Å². The second kappa shape index (κ2) is 6.48. The van der Waals surface area contributed by atoms with Crippen LogP contribution in [0.15, 0.2) is 6.20 Å². The molecule has 1 aliphatic rings. The summed E-state index contributed by atoms with van der Waals surface area (Å²) in [4.78, 5) is 0. The first-order chi connectivity index (χ1) is 8.76. The van der Waals surface area contributed by atoms with Gasteiger partial charge >= 0.3 is 0 Å². The fraction of sp³-hybridized carbons (Fsp3) is 0.769. The Balaban J connectivity index is 2.06. The molecule has 0 saturated carbocycles. The Hall–Kier alpha value is -0.680. The van der Waals surface area contributed by atoms with E-state index in [0.29, 0.717) is 0 Å². The van der Waals surface area contributed by atoms with E-state index in [1.807, 2.05) is 4.68 Å². The van der Waals surface area contributed by atoms with Crippen LogP contribution in [0.5, 0.6) is 5.75 Å². The number of thioether (sulfide) groups is 1. The molecule has 1 aromatic heterocycles. The minimum atomic E-state index is 0.0375. The van der Waals surface area contributed by atoms with Crippen molar-refractivity contribution >= 4 is 11.8 Å². The third-order valence-corrected chi connectivity index (χ3v) is 4.69. The molecule has 2 N–H and O–H groups in total. The SMILES string of the molecule is CCn1ncc(OC)c1C(N)CC1CCSCC1. The number of nitrogens with zero attached hydrogens (tertiary/aromatic N) is 2. The molecule has 2 rings (SSSR count). The number of rotatable bonds is 5. The number of methoxy groups -OCH3 is 1. The lowest BCUT2D eigenvalue weighted by atomic mass is 9.93. The van der Waals surface area contributed by atoms with Gasteiger partial charge in [0.15, 0.2) is 5.75 Å². The molecule has 1 aromatic rings. The summed E-state index contributed by atoms with van der Waals surface area (Å²) in [5.74, 6) is 4.14. The summed E-state index contributed by atoms with van der Waals surface area (Å²) in [7, 11) is 1.69. The highest BCUT2D eigenvalue weighted by atomic mass is 32.2. The van der Waals surface area contributed by atoms with E-state index in [1.54, 1.807) is 13.3 Å². The number of aryl methyl sites for hydroxylation is 1. The van der Waals surface area contributed by atoms with Gasteiger partial charge in [-0.25, -0.2) is 0 Å². The average molecular weight is 269 g/mol. The van der Waals surface area contributed by atoms with Crippen molar-refractivity contribution < 1.29 is 4.74 Å². The van der Waals surface area contributed by atoms with Crippen LogP contribution in [0.1, 0.15) is 37.9 Å². The first-order valence-electron chi connectivity index (χ1n) is 6.69. The maximum atomic E-state index is 6.38. The van der Waals surface area contributed by atoms with Crippen molar-refractivity contribution in [1.82, 2.24) is 9.78 Å². The van der Waals surface area contributed by atoms with Crippen LogP contribution in [-0.2, 0) is 6.54 Å². The maximum Gasteiger partial charge on any atom is 0.161 e. The summed E-state index contributed by atoms with van der Waals surface area (Å²) >= 11 is 2.06. The molecule has 2 heterocycles. The molecule has 0 aliphatic carbocycles. The minimum absolute atomic E-state index is 0.0375. The number of hydrogen-bond donors (Lipinski definition) is 1. The third kappa shape index (κ3) is 3.01. The molecule has 102 valence electrons. The van der Waals surface area contributed by atoms with E-state index >= 15 is 0 Å². The van der Waals surface area contributed by atoms with E-state index in [2.05, 4.69) is 23.8 Å². The number of hydrogen-bond acceptors (Lipinski definition) is 4. The van der Waals surface area contributed by atoms with Crippen LogP contribution in [0.25, 0.3) is 0 Å². The Bertz CT molecular complexity index is 353. The standard InChI is InChI=1S/C13H23N3OS/c1-3-16-13(12(17-2)9-15-16)11(14)8-10-4-6-18-7-5-10/h9-11H,3-8,14H2,1-2H3. The molecule has 5 heteroatoms. The van der Waals surface area contributed by atoms with Crippen molar-refractivity contribution in [3.63, 3.8) is 0 Å². The predicted molar refractivity (Wildman–Crippen MR) is 76.0 cm³/mol. The van der Waals surface area contributed by atoms with Crippen molar-refractivity contribution in [3.8, 4) is 5.75 Å². The lowest BCUT2D eigenvalue weighted by Gasteiger charge is -2.25. The monoisotopic (exact) mass is 269 g/mol. The van der Waals surface area contributed by atoms with Gasteiger partial charge < -0.3 is 10.5 Å². The molecule has 4 nitrogen and oxygen atoms in total. The lowest BCUT2D eigenvalue weighted by molar-refractivity contribution is 0.372. The number of ether oxygens (including phenoxy) is 1. The first kappa shape index (κ1) is 13.7. The third-order valence-electron chi connectivity index (χ3n) is 3.64. The van der Waals surface area contributed by atoms with Gasteiger partial charge in [0.25, 0.3) is 0 Å². The van der Waals surface area contributed by atoms with Crippen LogP contribution in [-0.4, -0.2) is 28.4 Å². The van der Waals surface area contributed by atoms with Gasteiger partial charge in [0.1, 0.15) is 0 Å². The largest absolute Gasteiger partial charge is 0.493 e. The van der Waals surface area contributed by atoms with Crippen molar-refractivity contribution in [1.29, 1.82) is 0 Å². The van der Waals surface area contributed by atoms with E-state index in [-0.39, 0.29) is 6.04 Å². The lowest BCUT2D eigenvalue weighted by Crippen LogP contribution is -2.22. The first-order valence-corrected chi connectivity index (χ1v) is 7.84. The zero-order valence-electron chi connectivity index (χ0n) is 11.3. The molecule has 0 amide bonds. The summed E-state index contributed by atoms with van der Waals surface area (Å²) in [6, 6.07) is 0.0375. The Morgan fingerprint density at radius 1 is 1.56 bits per heavy atom. The van der Waals surface area contributed by atoms with Gasteiger partial charge in [-0.05, 0) is 43.6 Å². The van der Waals surface area contributed by atoms with E-state index in [4.69, 9.17) is 10.5 Å². The summed E-state index contributed by atoms with van der Waals surface area (Å²) in [6.07, 6.45) is 5.40. The molecular formula is C13H23N3OS. The molecule has 1 unspecified atom stereocenters. The van der Waals surface area contributed by atoms with E-state index < -0.39 is 0 Å². The molecule has 0 bridgehead atoms. The van der Waals surface area contributed by atoms with E-state index in [9.17, 15) is 0 Å². The van der Waals surface area contributed by atoms with Crippen LogP contribution in [0.3, 0.4) is 0 Å². The Labute approximate surface area is 113 Å². The van der Waals surface area contributed by atoms with Crippen molar-refractivity contribution in [2.24, 2.45) is 11.7 Å². The van der Waals surface area contributed by atoms with Gasteiger partial charge in [-0.2, -0.15) is 16.9 Å². The maximum absolute atomic E-state index is 6.38. The van der Waals surface area contributed by atoms with Gasteiger partial charge in [0.05, 0.1) is 25.0 Å². The minimum Gasteiger partial charge on any atom is -0.493 e. The Morgan fingerprint density at radius 2 is 2.28 bits per heavy atom. The van der Waals surface area contributed by atoms with Gasteiger partial charge in [0.2, 0.25) is 0 Å². The van der Waals surface area contributed by atoms with Gasteiger partial charge in [-0.1, -0.05) is 0 Å². The van der Waals surface area contributed by atoms with Gasteiger partial charge in [-0.3, -0.25) is 4.68 Å². The zero-order valence-corrected chi connectivity index (χ0v) is 12.1. The van der Waals surface area contributed by atoms with Crippen LogP contribution in [0.2, 0.25) is 0 Å².